The van der Waals surface area contributed by atoms with E-state index in [0.717, 1.165) is 16.7 Å². The van der Waals surface area contributed by atoms with Gasteiger partial charge >= 0.3 is 0 Å². The maximum absolute atomic E-state index is 12.6. The average molecular weight is 848 g/mol. The van der Waals surface area contributed by atoms with Crippen molar-refractivity contribution in [3.8, 4) is 40.2 Å². The van der Waals surface area contributed by atoms with Crippen LogP contribution in [0.15, 0.2) is 158 Å². The number of hydrogen-bond donors (Lipinski definition) is 5. The van der Waals surface area contributed by atoms with Crippen LogP contribution in [0.4, 0.5) is 17.1 Å². The highest BCUT2D eigenvalue weighted by Crippen LogP contribution is 2.31. The number of phenols is 2. The van der Waals surface area contributed by atoms with Crippen molar-refractivity contribution in [1.29, 1.82) is 0 Å². The van der Waals surface area contributed by atoms with Crippen molar-refractivity contribution >= 4 is 34.8 Å². The molecule has 0 fully saturated rings. The molecule has 0 unspecified atom stereocenters. The molecule has 0 radical (unpaired) electrons. The Morgan fingerprint density at radius 1 is 0.397 bits per heavy atom. The highest BCUT2D eigenvalue weighted by Gasteiger charge is 2.16. The number of nitrogens with one attached hydrogen (secondary N) is 3. The van der Waals surface area contributed by atoms with Crippen LogP contribution >= 0.6 is 0 Å². The topological polar surface area (TPSA) is 165 Å². The van der Waals surface area contributed by atoms with Crippen molar-refractivity contribution in [2.45, 2.75) is 20.8 Å². The normalized spacial score (nSPS) is 10.1. The summed E-state index contributed by atoms with van der Waals surface area (Å²) in [6.07, 6.45) is 0. The summed E-state index contributed by atoms with van der Waals surface area (Å²) in [7, 11) is 4.62. The van der Waals surface area contributed by atoms with Gasteiger partial charge in [0.25, 0.3) is 17.7 Å². The van der Waals surface area contributed by atoms with Crippen LogP contribution in [0.1, 0.15) is 47.8 Å². The van der Waals surface area contributed by atoms with Crippen molar-refractivity contribution in [3.05, 3.63) is 191 Å². The second-order valence-electron chi connectivity index (χ2n) is 13.9. The van der Waals surface area contributed by atoms with Crippen LogP contribution in [0.3, 0.4) is 0 Å². The van der Waals surface area contributed by atoms with E-state index in [-0.39, 0.29) is 40.3 Å². The predicted molar refractivity (Wildman–Crippen MR) is 246 cm³/mol. The number of phenolic OH excluding ortho intramolecular Hbond substituents is 2. The third-order valence-electron chi connectivity index (χ3n) is 9.21. The summed E-state index contributed by atoms with van der Waals surface area (Å²) >= 11 is 0. The molecule has 0 atom stereocenters. The second-order valence-corrected chi connectivity index (χ2v) is 13.9. The van der Waals surface area contributed by atoms with Gasteiger partial charge in [-0.05, 0) is 122 Å². The lowest BCUT2D eigenvalue weighted by atomic mass is 10.1. The number of amides is 3. The smallest absolute Gasteiger partial charge is 0.259 e. The zero-order chi connectivity index (χ0) is 45.3. The third-order valence-corrected chi connectivity index (χ3v) is 9.21. The maximum atomic E-state index is 12.6. The molecule has 12 nitrogen and oxygen atoms in total. The molecule has 0 saturated heterocycles. The standard InChI is InChI=1S/C20H17NO3.C16H17NO3.C15H15NO3/c1-23-18-13-7-5-11-16(18)20(22)21-17-12-6-8-14-19(17)24-15-9-3-2-4-10-15;1-10-5-7-15(20-3)13(8-10)17-16(19)12-6-4-11(2)9-14(12)18;1-10-7-8-11(13(17)9-10)15(18)16-12-5-3-4-6-14(12)19-2/h2-14H,1H3,(H,21,22);4-9,18H,1-3H3,(H,17,19);3-9,17H,1-2H3,(H,16,18). The van der Waals surface area contributed by atoms with E-state index in [9.17, 15) is 24.6 Å². The lowest BCUT2D eigenvalue weighted by molar-refractivity contribution is 0.101. The summed E-state index contributed by atoms with van der Waals surface area (Å²) in [6, 6.07) is 46.3. The minimum Gasteiger partial charge on any atom is -0.507 e. The van der Waals surface area contributed by atoms with Crippen LogP contribution in [0.2, 0.25) is 0 Å². The van der Waals surface area contributed by atoms with E-state index in [2.05, 4.69) is 16.0 Å². The molecule has 12 heteroatoms. The molecule has 5 N–H and O–H groups in total. The van der Waals surface area contributed by atoms with Gasteiger partial charge in [-0.1, -0.05) is 72.8 Å². The summed E-state index contributed by atoms with van der Waals surface area (Å²) in [6.45, 7) is 5.63. The Balaban J connectivity index is 0.000000180. The number of benzene rings is 7. The van der Waals surface area contributed by atoms with E-state index in [4.69, 9.17) is 18.9 Å². The summed E-state index contributed by atoms with van der Waals surface area (Å²) in [4.78, 5) is 36.8. The molecule has 7 rings (SSSR count). The summed E-state index contributed by atoms with van der Waals surface area (Å²) in [5.41, 5.74) is 5.47. The lowest BCUT2D eigenvalue weighted by Crippen LogP contribution is -2.13. The predicted octanol–water partition coefficient (Wildman–Crippen LogP) is 11.0. The van der Waals surface area contributed by atoms with Gasteiger partial charge in [-0.25, -0.2) is 0 Å². The number of hydrogen-bond acceptors (Lipinski definition) is 9. The number of methoxy groups -OCH3 is 3. The van der Waals surface area contributed by atoms with Gasteiger partial charge in [0.05, 0.1) is 55.1 Å². The van der Waals surface area contributed by atoms with Crippen molar-refractivity contribution in [2.24, 2.45) is 0 Å². The number of carbonyl (C=O) groups is 3. The molecule has 7 aromatic rings. The average Bonchev–Trinajstić information content (AvgIpc) is 3.28. The quantitative estimate of drug-likeness (QED) is 0.0852. The molecule has 0 aromatic heterocycles. The van der Waals surface area contributed by atoms with Crippen LogP contribution in [-0.4, -0.2) is 49.3 Å². The van der Waals surface area contributed by atoms with Gasteiger partial charge in [0, 0.05) is 0 Å². The molecule has 0 aliphatic carbocycles. The molecule has 0 saturated carbocycles. The first kappa shape index (κ1) is 45.8. The largest absolute Gasteiger partial charge is 0.507 e. The van der Waals surface area contributed by atoms with E-state index >= 15 is 0 Å². The van der Waals surface area contributed by atoms with Gasteiger partial charge in [0.15, 0.2) is 5.75 Å². The number of aromatic hydroxyl groups is 2. The number of aryl methyl sites for hydroxylation is 3. The van der Waals surface area contributed by atoms with E-state index < -0.39 is 0 Å². The van der Waals surface area contributed by atoms with Gasteiger partial charge in [-0.2, -0.15) is 0 Å². The van der Waals surface area contributed by atoms with Crippen molar-refractivity contribution < 1.29 is 43.5 Å². The van der Waals surface area contributed by atoms with E-state index in [1.165, 1.54) is 7.11 Å². The molecule has 0 bridgehead atoms. The number of ether oxygens (including phenoxy) is 4. The molecule has 0 heterocycles. The Morgan fingerprint density at radius 3 is 1.33 bits per heavy atom. The first-order valence-corrected chi connectivity index (χ1v) is 19.7. The SMILES string of the molecule is COc1ccc(C)cc1NC(=O)c1ccc(C)cc1O.COc1ccccc1C(=O)Nc1ccccc1Oc1ccccc1.COc1ccccc1NC(=O)c1ccc(C)cc1O. The van der Waals surface area contributed by atoms with Gasteiger partial charge in [0.2, 0.25) is 0 Å². The molecule has 0 aliphatic rings. The molecule has 0 spiro atoms. The Labute approximate surface area is 366 Å². The zero-order valence-corrected chi connectivity index (χ0v) is 35.8. The number of anilines is 3. The maximum Gasteiger partial charge on any atom is 0.259 e. The summed E-state index contributed by atoms with van der Waals surface area (Å²) in [5.74, 6) is 1.89. The number of para-hydroxylation sites is 6. The molecule has 63 heavy (non-hydrogen) atoms. The first-order valence-electron chi connectivity index (χ1n) is 19.7. The van der Waals surface area contributed by atoms with Crippen LogP contribution in [0.5, 0.6) is 40.2 Å². The highest BCUT2D eigenvalue weighted by atomic mass is 16.5. The zero-order valence-electron chi connectivity index (χ0n) is 35.8. The molecule has 0 aliphatic heterocycles. The Morgan fingerprint density at radius 2 is 0.794 bits per heavy atom. The fraction of sp³-hybridized carbons (Fsp3) is 0.118. The lowest BCUT2D eigenvalue weighted by Gasteiger charge is -2.13. The van der Waals surface area contributed by atoms with Crippen molar-refractivity contribution in [2.75, 3.05) is 37.3 Å². The molecule has 3 amide bonds. The van der Waals surface area contributed by atoms with Crippen LogP contribution in [0, 0.1) is 20.8 Å². The number of rotatable bonds is 11. The summed E-state index contributed by atoms with van der Waals surface area (Å²) < 4.78 is 21.5. The fourth-order valence-corrected chi connectivity index (χ4v) is 6.01. The minimum absolute atomic E-state index is 0.0332. The number of carbonyl (C=O) groups excluding carboxylic acids is 3. The summed E-state index contributed by atoms with van der Waals surface area (Å²) in [5, 5.41) is 27.9. The third kappa shape index (κ3) is 12.9. The Kier molecular flexibility index (Phi) is 16.3. The molecular formula is C51H49N3O9. The Hall–Kier alpha value is -8.25. The van der Waals surface area contributed by atoms with E-state index in [1.54, 1.807) is 99.1 Å². The van der Waals surface area contributed by atoms with Gasteiger partial charge in [-0.15, -0.1) is 0 Å². The van der Waals surface area contributed by atoms with Crippen molar-refractivity contribution in [3.63, 3.8) is 0 Å². The molecule has 7 aromatic carbocycles. The second kappa shape index (κ2) is 22.4. The van der Waals surface area contributed by atoms with Crippen molar-refractivity contribution in [1.82, 2.24) is 0 Å². The Bertz CT molecular complexity index is 2670. The van der Waals surface area contributed by atoms with E-state index in [0.29, 0.717) is 51.4 Å². The fourth-order valence-electron chi connectivity index (χ4n) is 6.01. The van der Waals surface area contributed by atoms with Gasteiger partial charge < -0.3 is 45.1 Å². The highest BCUT2D eigenvalue weighted by molar-refractivity contribution is 6.08. The van der Waals surface area contributed by atoms with Crippen LogP contribution in [-0.2, 0) is 0 Å². The van der Waals surface area contributed by atoms with Crippen LogP contribution in [0.25, 0.3) is 0 Å². The van der Waals surface area contributed by atoms with Gasteiger partial charge in [0.1, 0.15) is 34.5 Å². The van der Waals surface area contributed by atoms with Gasteiger partial charge in [-0.3, -0.25) is 14.4 Å². The minimum atomic E-state index is -0.373. The molecule has 322 valence electrons. The first-order chi connectivity index (χ1) is 30.4. The van der Waals surface area contributed by atoms with E-state index in [1.807, 2.05) is 93.6 Å². The van der Waals surface area contributed by atoms with Crippen LogP contribution < -0.4 is 34.9 Å². The molecular weight excluding hydrogens is 799 g/mol. The monoisotopic (exact) mass is 847 g/mol.